The molecule has 0 radical (unpaired) electrons. The van der Waals surface area contributed by atoms with E-state index in [4.69, 9.17) is 0 Å². The van der Waals surface area contributed by atoms with Gasteiger partial charge in [-0.2, -0.15) is 0 Å². The second-order valence-electron chi connectivity index (χ2n) is 7.02. The van der Waals surface area contributed by atoms with E-state index in [1.807, 2.05) is 20.8 Å². The minimum atomic E-state index is -0.430. The molecule has 1 rings (SSSR count). The standard InChI is InChI=1S/C18H29N5O3/c1-5-6-11-19-17(21-13-16(24)22-18(2,3)4)20-12-14-7-9-15(10-8-14)23(25)26/h7-10H,5-6,11-13H2,1-4H3,(H,22,24)(H2,19,20,21). The molecule has 0 unspecified atom stereocenters. The Kier molecular flexibility index (Phi) is 8.54. The van der Waals surface area contributed by atoms with E-state index in [1.165, 1.54) is 12.1 Å². The van der Waals surface area contributed by atoms with Crippen molar-refractivity contribution >= 4 is 17.6 Å². The number of amides is 1. The zero-order valence-electron chi connectivity index (χ0n) is 16.0. The van der Waals surface area contributed by atoms with E-state index < -0.39 is 4.92 Å². The van der Waals surface area contributed by atoms with Gasteiger partial charge in [-0.05, 0) is 32.8 Å². The van der Waals surface area contributed by atoms with Crippen LogP contribution in [0.25, 0.3) is 0 Å². The topological polar surface area (TPSA) is 109 Å². The summed E-state index contributed by atoms with van der Waals surface area (Å²) >= 11 is 0. The molecule has 3 N–H and O–H groups in total. The molecule has 26 heavy (non-hydrogen) atoms. The lowest BCUT2D eigenvalue weighted by atomic mass is 10.1. The highest BCUT2D eigenvalue weighted by Gasteiger charge is 2.13. The normalized spacial score (nSPS) is 11.8. The third-order valence-corrected chi connectivity index (χ3v) is 3.32. The summed E-state index contributed by atoms with van der Waals surface area (Å²) in [6.45, 7) is 9.11. The van der Waals surface area contributed by atoms with Crippen LogP contribution in [-0.2, 0) is 11.3 Å². The molecule has 0 spiro atoms. The van der Waals surface area contributed by atoms with Gasteiger partial charge in [0.25, 0.3) is 5.69 Å². The first-order valence-corrected chi connectivity index (χ1v) is 8.78. The largest absolute Gasteiger partial charge is 0.356 e. The molecule has 1 aromatic rings. The maximum Gasteiger partial charge on any atom is 0.269 e. The fourth-order valence-corrected chi connectivity index (χ4v) is 2.08. The Morgan fingerprint density at radius 1 is 1.19 bits per heavy atom. The fraction of sp³-hybridized carbons (Fsp3) is 0.556. The van der Waals surface area contributed by atoms with E-state index in [2.05, 4.69) is 27.9 Å². The van der Waals surface area contributed by atoms with Crippen LogP contribution in [0, 0.1) is 10.1 Å². The molecule has 0 bridgehead atoms. The van der Waals surface area contributed by atoms with Crippen molar-refractivity contribution in [3.8, 4) is 0 Å². The first-order chi connectivity index (χ1) is 12.2. The number of nitro benzene ring substituents is 1. The van der Waals surface area contributed by atoms with Crippen LogP contribution < -0.4 is 16.0 Å². The predicted octanol–water partition coefficient (Wildman–Crippen LogP) is 2.34. The van der Waals surface area contributed by atoms with Gasteiger partial charge in [0.15, 0.2) is 5.96 Å². The third-order valence-electron chi connectivity index (χ3n) is 3.32. The Morgan fingerprint density at radius 2 is 1.85 bits per heavy atom. The van der Waals surface area contributed by atoms with Gasteiger partial charge in [0.1, 0.15) is 0 Å². The van der Waals surface area contributed by atoms with Crippen molar-refractivity contribution in [2.45, 2.75) is 52.6 Å². The summed E-state index contributed by atoms with van der Waals surface area (Å²) in [5, 5.41) is 19.8. The number of carbonyl (C=O) groups excluding carboxylic acids is 1. The third kappa shape index (κ3) is 9.00. The molecule has 0 saturated carbocycles. The number of non-ortho nitro benzene ring substituents is 1. The highest BCUT2D eigenvalue weighted by Crippen LogP contribution is 2.12. The van der Waals surface area contributed by atoms with Crippen LogP contribution in [0.1, 0.15) is 46.1 Å². The quantitative estimate of drug-likeness (QED) is 0.216. The summed E-state index contributed by atoms with van der Waals surface area (Å²) in [6, 6.07) is 6.27. The van der Waals surface area contributed by atoms with Crippen LogP contribution in [0.5, 0.6) is 0 Å². The molecule has 1 amide bonds. The summed E-state index contributed by atoms with van der Waals surface area (Å²) in [6.07, 6.45) is 2.04. The number of aliphatic imine (C=N–C) groups is 1. The molecule has 8 nitrogen and oxygen atoms in total. The zero-order valence-corrected chi connectivity index (χ0v) is 16.0. The van der Waals surface area contributed by atoms with Crippen molar-refractivity contribution in [2.75, 3.05) is 13.1 Å². The van der Waals surface area contributed by atoms with Gasteiger partial charge in [0, 0.05) is 24.2 Å². The Hall–Kier alpha value is -2.64. The van der Waals surface area contributed by atoms with Gasteiger partial charge in [-0.15, -0.1) is 0 Å². The van der Waals surface area contributed by atoms with Crippen molar-refractivity contribution in [3.63, 3.8) is 0 Å². The lowest BCUT2D eigenvalue weighted by Gasteiger charge is -2.21. The molecule has 0 atom stereocenters. The summed E-state index contributed by atoms with van der Waals surface area (Å²) in [5.41, 5.74) is 0.618. The first kappa shape index (κ1) is 21.4. The van der Waals surface area contributed by atoms with Gasteiger partial charge in [0.05, 0.1) is 18.0 Å². The van der Waals surface area contributed by atoms with Crippen LogP contribution in [0.4, 0.5) is 5.69 Å². The van der Waals surface area contributed by atoms with E-state index in [0.717, 1.165) is 24.9 Å². The van der Waals surface area contributed by atoms with Crippen LogP contribution in [-0.4, -0.2) is 35.4 Å². The van der Waals surface area contributed by atoms with E-state index in [0.29, 0.717) is 12.5 Å². The van der Waals surface area contributed by atoms with Crippen LogP contribution in [0.3, 0.4) is 0 Å². The van der Waals surface area contributed by atoms with E-state index >= 15 is 0 Å². The number of rotatable bonds is 8. The maximum atomic E-state index is 11.9. The van der Waals surface area contributed by atoms with Gasteiger partial charge in [-0.3, -0.25) is 14.9 Å². The second-order valence-corrected chi connectivity index (χ2v) is 7.02. The average molecular weight is 363 g/mol. The van der Waals surface area contributed by atoms with E-state index in [-0.39, 0.29) is 23.7 Å². The monoisotopic (exact) mass is 363 g/mol. The second kappa shape index (κ2) is 10.4. The number of guanidine groups is 1. The molecule has 0 aliphatic rings. The number of nitro groups is 1. The average Bonchev–Trinajstić information content (AvgIpc) is 2.55. The Balaban J connectivity index is 2.67. The number of hydrogen-bond acceptors (Lipinski definition) is 4. The van der Waals surface area contributed by atoms with Crippen LogP contribution in [0.15, 0.2) is 29.3 Å². The number of benzene rings is 1. The van der Waals surface area contributed by atoms with Gasteiger partial charge < -0.3 is 16.0 Å². The van der Waals surface area contributed by atoms with Crippen molar-refractivity contribution in [1.82, 2.24) is 16.0 Å². The minimum Gasteiger partial charge on any atom is -0.356 e. The molecule has 0 aliphatic heterocycles. The number of unbranched alkanes of at least 4 members (excludes halogenated alkanes) is 1. The van der Waals surface area contributed by atoms with Crippen LogP contribution in [0.2, 0.25) is 0 Å². The molecule has 1 aromatic carbocycles. The predicted molar refractivity (Wildman–Crippen MR) is 103 cm³/mol. The van der Waals surface area contributed by atoms with Gasteiger partial charge in [0.2, 0.25) is 5.91 Å². The van der Waals surface area contributed by atoms with Crippen molar-refractivity contribution in [2.24, 2.45) is 4.99 Å². The highest BCUT2D eigenvalue weighted by molar-refractivity contribution is 5.86. The lowest BCUT2D eigenvalue weighted by Crippen LogP contribution is -2.48. The molecule has 0 aliphatic carbocycles. The SMILES string of the molecule is CCCCNC(=NCc1ccc([N+](=O)[O-])cc1)NCC(=O)NC(C)(C)C. The summed E-state index contributed by atoms with van der Waals surface area (Å²) in [5.74, 6) is 0.429. The molecular weight excluding hydrogens is 334 g/mol. The first-order valence-electron chi connectivity index (χ1n) is 8.78. The molecule has 0 aromatic heterocycles. The molecule has 8 heteroatoms. The van der Waals surface area contributed by atoms with E-state index in [9.17, 15) is 14.9 Å². The fourth-order valence-electron chi connectivity index (χ4n) is 2.08. The Labute approximate surface area is 154 Å². The number of hydrogen-bond donors (Lipinski definition) is 3. The summed E-state index contributed by atoms with van der Waals surface area (Å²) in [7, 11) is 0. The molecule has 144 valence electrons. The van der Waals surface area contributed by atoms with Gasteiger partial charge >= 0.3 is 0 Å². The minimum absolute atomic E-state index is 0.0519. The maximum absolute atomic E-state index is 11.9. The molecule has 0 heterocycles. The van der Waals surface area contributed by atoms with E-state index in [1.54, 1.807) is 12.1 Å². The van der Waals surface area contributed by atoms with Gasteiger partial charge in [-0.1, -0.05) is 25.5 Å². The molecular formula is C18H29N5O3. The van der Waals surface area contributed by atoms with Crippen molar-refractivity contribution in [1.29, 1.82) is 0 Å². The highest BCUT2D eigenvalue weighted by atomic mass is 16.6. The zero-order chi connectivity index (χ0) is 19.6. The number of nitrogens with one attached hydrogen (secondary N) is 3. The van der Waals surface area contributed by atoms with Gasteiger partial charge in [-0.25, -0.2) is 4.99 Å². The lowest BCUT2D eigenvalue weighted by molar-refractivity contribution is -0.384. The Bertz CT molecular complexity index is 621. The number of nitrogens with zero attached hydrogens (tertiary/aromatic N) is 2. The molecule has 0 saturated heterocycles. The van der Waals surface area contributed by atoms with Crippen molar-refractivity contribution < 1.29 is 9.72 Å². The van der Waals surface area contributed by atoms with Crippen LogP contribution >= 0.6 is 0 Å². The Morgan fingerprint density at radius 3 is 2.38 bits per heavy atom. The summed E-state index contributed by atoms with van der Waals surface area (Å²) in [4.78, 5) is 26.7. The summed E-state index contributed by atoms with van der Waals surface area (Å²) < 4.78 is 0. The number of carbonyl (C=O) groups is 1. The molecule has 0 fully saturated rings. The van der Waals surface area contributed by atoms with Crippen molar-refractivity contribution in [3.05, 3.63) is 39.9 Å². The smallest absolute Gasteiger partial charge is 0.269 e.